The standard InChI is InChI=1S/C16H10BrNO3/c17-11-5-3-4-10(8-11)9-18-15(20)13-7-2-1-6-12(13)14(19)16(18)21/h1-8H,9H2. The van der Waals surface area contributed by atoms with E-state index < -0.39 is 17.6 Å². The SMILES string of the molecule is O=C1C(=O)N(Cc2cccc(Br)c2)C(=O)c2ccccc21. The van der Waals surface area contributed by atoms with Crippen LogP contribution in [0.1, 0.15) is 26.3 Å². The predicted octanol–water partition coefficient (Wildman–Crippen LogP) is 2.81. The lowest BCUT2D eigenvalue weighted by Gasteiger charge is -2.25. The smallest absolute Gasteiger partial charge is 0.283 e. The Labute approximate surface area is 129 Å². The molecule has 0 aliphatic carbocycles. The molecule has 1 aliphatic rings. The van der Waals surface area contributed by atoms with Gasteiger partial charge < -0.3 is 0 Å². The molecular formula is C16H10BrNO3. The maximum absolute atomic E-state index is 12.4. The Balaban J connectivity index is 1.99. The Morgan fingerprint density at radius 2 is 1.57 bits per heavy atom. The molecule has 104 valence electrons. The largest absolute Gasteiger partial charge is 0.302 e. The summed E-state index contributed by atoms with van der Waals surface area (Å²) in [6, 6.07) is 13.7. The summed E-state index contributed by atoms with van der Waals surface area (Å²) >= 11 is 3.34. The Morgan fingerprint density at radius 1 is 0.857 bits per heavy atom. The van der Waals surface area contributed by atoms with Crippen LogP contribution in [-0.2, 0) is 11.3 Å². The number of benzene rings is 2. The van der Waals surface area contributed by atoms with Crippen LogP contribution in [0.5, 0.6) is 0 Å². The maximum atomic E-state index is 12.4. The van der Waals surface area contributed by atoms with Gasteiger partial charge in [0, 0.05) is 10.0 Å². The van der Waals surface area contributed by atoms with Gasteiger partial charge in [0.15, 0.2) is 0 Å². The van der Waals surface area contributed by atoms with Gasteiger partial charge in [-0.1, -0.05) is 46.3 Å². The first-order valence-electron chi connectivity index (χ1n) is 6.32. The van der Waals surface area contributed by atoms with Crippen LogP contribution in [0, 0.1) is 0 Å². The average molecular weight is 344 g/mol. The van der Waals surface area contributed by atoms with Crippen molar-refractivity contribution in [3.63, 3.8) is 0 Å². The first kappa shape index (κ1) is 13.7. The van der Waals surface area contributed by atoms with Gasteiger partial charge in [-0.3, -0.25) is 19.3 Å². The Hall–Kier alpha value is -2.27. The lowest BCUT2D eigenvalue weighted by atomic mass is 9.97. The van der Waals surface area contributed by atoms with Gasteiger partial charge in [0.05, 0.1) is 12.1 Å². The number of fused-ring (bicyclic) bond motifs is 1. The summed E-state index contributed by atoms with van der Waals surface area (Å²) in [5.74, 6) is -1.85. The molecule has 1 heterocycles. The fourth-order valence-corrected chi connectivity index (χ4v) is 2.75. The van der Waals surface area contributed by atoms with Crippen LogP contribution >= 0.6 is 15.9 Å². The number of ketones is 1. The number of carbonyl (C=O) groups excluding carboxylic acids is 3. The van der Waals surface area contributed by atoms with Crippen molar-refractivity contribution in [2.45, 2.75) is 6.54 Å². The van der Waals surface area contributed by atoms with Crippen molar-refractivity contribution in [2.24, 2.45) is 0 Å². The van der Waals surface area contributed by atoms with E-state index in [4.69, 9.17) is 0 Å². The summed E-state index contributed by atoms with van der Waals surface area (Å²) in [5, 5.41) is 0. The molecule has 0 fully saturated rings. The molecule has 0 unspecified atom stereocenters. The molecule has 21 heavy (non-hydrogen) atoms. The number of amides is 2. The minimum atomic E-state index is -0.779. The third-order valence-corrected chi connectivity index (χ3v) is 3.81. The zero-order valence-corrected chi connectivity index (χ0v) is 12.5. The van der Waals surface area contributed by atoms with E-state index in [2.05, 4.69) is 15.9 Å². The summed E-state index contributed by atoms with van der Waals surface area (Å²) in [6.45, 7) is 0.0805. The van der Waals surface area contributed by atoms with E-state index in [-0.39, 0.29) is 17.7 Å². The van der Waals surface area contributed by atoms with E-state index in [0.717, 1.165) is 14.9 Å². The first-order valence-corrected chi connectivity index (χ1v) is 7.11. The minimum Gasteiger partial charge on any atom is -0.283 e. The molecule has 0 bridgehead atoms. The molecule has 2 amide bonds. The monoisotopic (exact) mass is 343 g/mol. The third-order valence-electron chi connectivity index (χ3n) is 3.32. The summed E-state index contributed by atoms with van der Waals surface area (Å²) in [4.78, 5) is 37.6. The van der Waals surface area contributed by atoms with Crippen molar-refractivity contribution in [1.29, 1.82) is 0 Å². The van der Waals surface area contributed by atoms with Crippen LogP contribution < -0.4 is 0 Å². The van der Waals surface area contributed by atoms with Crippen molar-refractivity contribution in [3.05, 3.63) is 69.7 Å². The lowest BCUT2D eigenvalue weighted by Crippen LogP contribution is -2.45. The van der Waals surface area contributed by atoms with Crippen LogP contribution in [0.4, 0.5) is 0 Å². The molecule has 5 heteroatoms. The Kier molecular flexibility index (Phi) is 3.43. The third kappa shape index (κ3) is 2.40. The number of nitrogens with zero attached hydrogens (tertiary/aromatic N) is 1. The van der Waals surface area contributed by atoms with Crippen molar-refractivity contribution in [2.75, 3.05) is 0 Å². The number of carbonyl (C=O) groups is 3. The highest BCUT2D eigenvalue weighted by Crippen LogP contribution is 2.22. The molecule has 1 aliphatic heterocycles. The average Bonchev–Trinajstić information content (AvgIpc) is 2.49. The molecule has 2 aromatic rings. The highest BCUT2D eigenvalue weighted by Gasteiger charge is 2.37. The van der Waals surface area contributed by atoms with E-state index in [1.807, 2.05) is 18.2 Å². The minimum absolute atomic E-state index is 0.0805. The van der Waals surface area contributed by atoms with Crippen LogP contribution in [0.25, 0.3) is 0 Å². The summed E-state index contributed by atoms with van der Waals surface area (Å²) in [7, 11) is 0. The second kappa shape index (κ2) is 5.26. The number of Topliss-reactive ketones (excluding diaryl/α,β-unsaturated/α-hetero) is 1. The maximum Gasteiger partial charge on any atom is 0.302 e. The molecule has 0 spiro atoms. The number of rotatable bonds is 2. The van der Waals surface area contributed by atoms with Crippen molar-refractivity contribution in [3.8, 4) is 0 Å². The molecule has 0 atom stereocenters. The van der Waals surface area contributed by atoms with Gasteiger partial charge in [0.1, 0.15) is 0 Å². The van der Waals surface area contributed by atoms with Gasteiger partial charge in [-0.15, -0.1) is 0 Å². The molecular weight excluding hydrogens is 334 g/mol. The number of halogens is 1. The fourth-order valence-electron chi connectivity index (χ4n) is 2.30. The number of hydrogen-bond acceptors (Lipinski definition) is 3. The van der Waals surface area contributed by atoms with E-state index in [1.54, 1.807) is 24.3 Å². The van der Waals surface area contributed by atoms with Gasteiger partial charge >= 0.3 is 5.91 Å². The van der Waals surface area contributed by atoms with Crippen molar-refractivity contribution in [1.82, 2.24) is 4.90 Å². The van der Waals surface area contributed by atoms with E-state index in [1.165, 1.54) is 6.07 Å². The molecule has 2 aromatic carbocycles. The molecule has 0 N–H and O–H groups in total. The van der Waals surface area contributed by atoms with Gasteiger partial charge in [-0.25, -0.2) is 0 Å². The second-order valence-corrected chi connectivity index (χ2v) is 5.62. The molecule has 0 aromatic heterocycles. The molecule has 3 rings (SSSR count). The van der Waals surface area contributed by atoms with E-state index in [9.17, 15) is 14.4 Å². The zero-order chi connectivity index (χ0) is 15.0. The quantitative estimate of drug-likeness (QED) is 0.622. The van der Waals surface area contributed by atoms with Crippen LogP contribution in [0.3, 0.4) is 0 Å². The highest BCUT2D eigenvalue weighted by molar-refractivity contribution is 9.10. The van der Waals surface area contributed by atoms with Gasteiger partial charge in [-0.2, -0.15) is 0 Å². The topological polar surface area (TPSA) is 54.5 Å². The molecule has 0 radical (unpaired) electrons. The summed E-state index contributed by atoms with van der Waals surface area (Å²) in [5.41, 5.74) is 1.23. The molecule has 0 saturated heterocycles. The highest BCUT2D eigenvalue weighted by atomic mass is 79.9. The van der Waals surface area contributed by atoms with Gasteiger partial charge in [0.25, 0.3) is 11.7 Å². The number of imide groups is 1. The first-order chi connectivity index (χ1) is 10.1. The van der Waals surface area contributed by atoms with Gasteiger partial charge in [0.2, 0.25) is 0 Å². The lowest BCUT2D eigenvalue weighted by molar-refractivity contribution is -0.124. The normalized spacial score (nSPS) is 14.3. The fraction of sp³-hybridized carbons (Fsp3) is 0.0625. The van der Waals surface area contributed by atoms with E-state index in [0.29, 0.717) is 0 Å². The summed E-state index contributed by atoms with van der Waals surface area (Å²) < 4.78 is 0.851. The summed E-state index contributed by atoms with van der Waals surface area (Å²) in [6.07, 6.45) is 0. The Bertz CT molecular complexity index is 770. The molecule has 0 saturated carbocycles. The predicted molar refractivity (Wildman–Crippen MR) is 79.8 cm³/mol. The van der Waals surface area contributed by atoms with Crippen molar-refractivity contribution < 1.29 is 14.4 Å². The zero-order valence-electron chi connectivity index (χ0n) is 10.9. The van der Waals surface area contributed by atoms with Crippen LogP contribution in [-0.4, -0.2) is 22.5 Å². The van der Waals surface area contributed by atoms with E-state index >= 15 is 0 Å². The number of hydrogen-bond donors (Lipinski definition) is 0. The Morgan fingerprint density at radius 3 is 2.29 bits per heavy atom. The van der Waals surface area contributed by atoms with Crippen LogP contribution in [0.15, 0.2) is 53.0 Å². The van der Waals surface area contributed by atoms with Gasteiger partial charge in [-0.05, 0) is 23.8 Å². The molecule has 4 nitrogen and oxygen atoms in total. The second-order valence-electron chi connectivity index (χ2n) is 4.70. The van der Waals surface area contributed by atoms with Crippen LogP contribution in [0.2, 0.25) is 0 Å². The van der Waals surface area contributed by atoms with Crippen molar-refractivity contribution >= 4 is 33.5 Å².